The summed E-state index contributed by atoms with van der Waals surface area (Å²) in [6.07, 6.45) is 8.21. The number of Topliss-reactive ketones (excluding diaryl/α,β-unsaturated/α-hetero) is 2. The molecule has 21 heavy (non-hydrogen) atoms. The standard InChI is InChI=1S/C19H36O2/c1-18(2,3)14-16(20)12-10-8-7-9-11-13-17(21)15-19(4,5)6/h7-15H2,1-6H3. The molecule has 0 bridgehead atoms. The van der Waals surface area contributed by atoms with Gasteiger partial charge in [0, 0.05) is 25.7 Å². The number of rotatable bonds is 10. The number of ketones is 2. The normalized spacial score (nSPS) is 12.5. The Kier molecular flexibility index (Phi) is 9.08. The molecule has 0 unspecified atom stereocenters. The van der Waals surface area contributed by atoms with E-state index < -0.39 is 0 Å². The highest BCUT2D eigenvalue weighted by atomic mass is 16.1. The summed E-state index contributed by atoms with van der Waals surface area (Å²) in [4.78, 5) is 23.5. The summed E-state index contributed by atoms with van der Waals surface area (Å²) in [5.74, 6) is 0.783. The van der Waals surface area contributed by atoms with E-state index in [1.54, 1.807) is 0 Å². The molecule has 0 radical (unpaired) electrons. The molecule has 0 rings (SSSR count). The lowest BCUT2D eigenvalue weighted by Gasteiger charge is -2.16. The average Bonchev–Trinajstić information content (AvgIpc) is 2.22. The fraction of sp³-hybridized carbons (Fsp3) is 0.895. The third-order valence-corrected chi connectivity index (χ3v) is 3.37. The quantitative estimate of drug-likeness (QED) is 0.483. The lowest BCUT2D eigenvalue weighted by molar-refractivity contribution is -0.121. The van der Waals surface area contributed by atoms with Crippen LogP contribution in [0.1, 0.15) is 99.3 Å². The fourth-order valence-corrected chi connectivity index (χ4v) is 2.53. The second-order valence-corrected chi connectivity index (χ2v) is 8.82. The predicted molar refractivity (Wildman–Crippen MR) is 90.5 cm³/mol. The van der Waals surface area contributed by atoms with Crippen LogP contribution in [0.5, 0.6) is 0 Å². The van der Waals surface area contributed by atoms with Gasteiger partial charge < -0.3 is 0 Å². The largest absolute Gasteiger partial charge is 0.300 e. The summed E-state index contributed by atoms with van der Waals surface area (Å²) < 4.78 is 0. The van der Waals surface area contributed by atoms with Gasteiger partial charge in [0.1, 0.15) is 11.6 Å². The van der Waals surface area contributed by atoms with Crippen LogP contribution in [-0.2, 0) is 9.59 Å². The monoisotopic (exact) mass is 296 g/mol. The van der Waals surface area contributed by atoms with E-state index in [2.05, 4.69) is 41.5 Å². The zero-order chi connectivity index (χ0) is 16.5. The molecule has 0 N–H and O–H groups in total. The molecule has 0 aromatic heterocycles. The molecule has 2 nitrogen and oxygen atoms in total. The van der Waals surface area contributed by atoms with E-state index in [9.17, 15) is 9.59 Å². The van der Waals surface area contributed by atoms with Crippen molar-refractivity contribution in [3.8, 4) is 0 Å². The van der Waals surface area contributed by atoms with Crippen LogP contribution in [0.15, 0.2) is 0 Å². The minimum absolute atomic E-state index is 0.116. The molecule has 0 aromatic carbocycles. The minimum Gasteiger partial charge on any atom is -0.300 e. The van der Waals surface area contributed by atoms with Gasteiger partial charge in [0.2, 0.25) is 0 Å². The molecule has 2 heteroatoms. The summed E-state index contributed by atoms with van der Waals surface area (Å²) in [7, 11) is 0. The molecule has 124 valence electrons. The van der Waals surface area contributed by atoms with Crippen LogP contribution in [0.4, 0.5) is 0 Å². The van der Waals surface area contributed by atoms with Crippen molar-refractivity contribution in [2.75, 3.05) is 0 Å². The van der Waals surface area contributed by atoms with E-state index in [0.717, 1.165) is 44.9 Å². The van der Waals surface area contributed by atoms with E-state index in [4.69, 9.17) is 0 Å². The maximum absolute atomic E-state index is 11.7. The Hall–Kier alpha value is -0.660. The smallest absolute Gasteiger partial charge is 0.133 e. The number of hydrogen-bond donors (Lipinski definition) is 0. The van der Waals surface area contributed by atoms with Gasteiger partial charge in [0.05, 0.1) is 0 Å². The summed E-state index contributed by atoms with van der Waals surface area (Å²) in [6, 6.07) is 0. The number of unbranched alkanes of at least 4 members (excludes halogenated alkanes) is 4. The minimum atomic E-state index is 0.116. The Labute approximate surface area is 132 Å². The Balaban J connectivity index is 3.49. The van der Waals surface area contributed by atoms with Crippen molar-refractivity contribution in [2.24, 2.45) is 10.8 Å². The van der Waals surface area contributed by atoms with E-state index in [0.29, 0.717) is 24.4 Å². The zero-order valence-electron chi connectivity index (χ0n) is 15.2. The second-order valence-electron chi connectivity index (χ2n) is 8.82. The van der Waals surface area contributed by atoms with Gasteiger partial charge in [0.15, 0.2) is 0 Å². The van der Waals surface area contributed by atoms with Gasteiger partial charge in [-0.05, 0) is 23.7 Å². The summed E-state index contributed by atoms with van der Waals surface area (Å²) in [6.45, 7) is 12.7. The highest BCUT2D eigenvalue weighted by molar-refractivity contribution is 5.79. The Morgan fingerprint density at radius 3 is 1.14 bits per heavy atom. The molecular formula is C19H36O2. The molecular weight excluding hydrogens is 260 g/mol. The summed E-state index contributed by atoms with van der Waals surface area (Å²) in [5, 5.41) is 0. The average molecular weight is 296 g/mol. The Morgan fingerprint density at radius 1 is 0.571 bits per heavy atom. The third-order valence-electron chi connectivity index (χ3n) is 3.37. The SMILES string of the molecule is CC(C)(C)CC(=O)CCCCCCCC(=O)CC(C)(C)C. The van der Waals surface area contributed by atoms with Gasteiger partial charge in [-0.1, -0.05) is 60.8 Å². The van der Waals surface area contributed by atoms with Crippen LogP contribution in [0.3, 0.4) is 0 Å². The first kappa shape index (κ1) is 20.3. The zero-order valence-corrected chi connectivity index (χ0v) is 15.2. The Morgan fingerprint density at radius 2 is 0.857 bits per heavy atom. The predicted octanol–water partition coefficient (Wildman–Crippen LogP) is 5.73. The van der Waals surface area contributed by atoms with Crippen molar-refractivity contribution in [3.63, 3.8) is 0 Å². The lowest BCUT2D eigenvalue weighted by Crippen LogP contribution is -2.12. The van der Waals surface area contributed by atoms with E-state index in [-0.39, 0.29) is 10.8 Å². The summed E-state index contributed by atoms with van der Waals surface area (Å²) >= 11 is 0. The van der Waals surface area contributed by atoms with Crippen molar-refractivity contribution < 1.29 is 9.59 Å². The van der Waals surface area contributed by atoms with Crippen LogP contribution in [0, 0.1) is 10.8 Å². The molecule has 0 aromatic rings. The third kappa shape index (κ3) is 15.5. The summed E-state index contributed by atoms with van der Waals surface area (Å²) in [5.41, 5.74) is 0.231. The first-order chi connectivity index (χ1) is 9.49. The van der Waals surface area contributed by atoms with Crippen molar-refractivity contribution in [1.82, 2.24) is 0 Å². The Bertz CT molecular complexity index is 283. The number of carbonyl (C=O) groups is 2. The topological polar surface area (TPSA) is 34.1 Å². The lowest BCUT2D eigenvalue weighted by atomic mass is 9.88. The van der Waals surface area contributed by atoms with Crippen molar-refractivity contribution in [2.45, 2.75) is 99.3 Å². The molecule has 0 fully saturated rings. The molecule has 0 heterocycles. The van der Waals surface area contributed by atoms with Gasteiger partial charge in [-0.3, -0.25) is 9.59 Å². The molecule has 0 spiro atoms. The van der Waals surface area contributed by atoms with E-state index in [1.165, 1.54) is 0 Å². The van der Waals surface area contributed by atoms with Gasteiger partial charge in [-0.2, -0.15) is 0 Å². The van der Waals surface area contributed by atoms with Crippen molar-refractivity contribution in [3.05, 3.63) is 0 Å². The van der Waals surface area contributed by atoms with E-state index >= 15 is 0 Å². The van der Waals surface area contributed by atoms with Gasteiger partial charge in [0.25, 0.3) is 0 Å². The molecule has 0 atom stereocenters. The van der Waals surface area contributed by atoms with Crippen LogP contribution in [0.25, 0.3) is 0 Å². The highest BCUT2D eigenvalue weighted by Crippen LogP contribution is 2.22. The van der Waals surface area contributed by atoms with Gasteiger partial charge >= 0.3 is 0 Å². The second kappa shape index (κ2) is 9.38. The van der Waals surface area contributed by atoms with E-state index in [1.807, 2.05) is 0 Å². The molecule has 0 aliphatic rings. The molecule has 0 saturated carbocycles. The molecule has 0 aliphatic carbocycles. The fourth-order valence-electron chi connectivity index (χ4n) is 2.53. The van der Waals surface area contributed by atoms with Gasteiger partial charge in [-0.25, -0.2) is 0 Å². The van der Waals surface area contributed by atoms with Crippen molar-refractivity contribution >= 4 is 11.6 Å². The molecule has 0 aliphatic heterocycles. The first-order valence-corrected chi connectivity index (χ1v) is 8.53. The van der Waals surface area contributed by atoms with Crippen LogP contribution < -0.4 is 0 Å². The van der Waals surface area contributed by atoms with Crippen LogP contribution >= 0.6 is 0 Å². The van der Waals surface area contributed by atoms with Crippen LogP contribution in [-0.4, -0.2) is 11.6 Å². The maximum atomic E-state index is 11.7. The number of carbonyl (C=O) groups excluding carboxylic acids is 2. The van der Waals surface area contributed by atoms with Gasteiger partial charge in [-0.15, -0.1) is 0 Å². The highest BCUT2D eigenvalue weighted by Gasteiger charge is 2.16. The molecule has 0 amide bonds. The number of hydrogen-bond acceptors (Lipinski definition) is 2. The molecule has 0 saturated heterocycles. The maximum Gasteiger partial charge on any atom is 0.133 e. The van der Waals surface area contributed by atoms with Crippen LogP contribution in [0.2, 0.25) is 0 Å². The van der Waals surface area contributed by atoms with Crippen molar-refractivity contribution in [1.29, 1.82) is 0 Å². The first-order valence-electron chi connectivity index (χ1n) is 8.53.